The lowest BCUT2D eigenvalue weighted by Gasteiger charge is -2.21. The van der Waals surface area contributed by atoms with E-state index in [1.165, 1.54) is 93.3 Å². The van der Waals surface area contributed by atoms with Gasteiger partial charge < -0.3 is 13.7 Å². The summed E-state index contributed by atoms with van der Waals surface area (Å²) in [5.41, 5.74) is 27.1. The van der Waals surface area contributed by atoms with E-state index in [-0.39, 0.29) is 0 Å². The maximum absolute atomic E-state index is 5.51. The van der Waals surface area contributed by atoms with E-state index in [0.717, 1.165) is 72.2 Å². The molecule has 4 heterocycles. The second-order valence-corrected chi connectivity index (χ2v) is 26.6. The van der Waals surface area contributed by atoms with Gasteiger partial charge in [-0.05, 0) is 144 Å². The van der Waals surface area contributed by atoms with Crippen molar-refractivity contribution in [1.29, 1.82) is 0 Å². The van der Waals surface area contributed by atoms with Crippen molar-refractivity contribution in [2.75, 3.05) is 0 Å². The minimum Gasteiger partial charge on any atom is -0.336 e. The normalized spacial score (nSPS) is 11.6. The highest BCUT2D eigenvalue weighted by molar-refractivity contribution is 6.13. The van der Waals surface area contributed by atoms with Crippen LogP contribution in [0.3, 0.4) is 0 Å². The molecule has 0 aliphatic heterocycles. The quantitative estimate of drug-likeness (QED) is 0.103. The van der Waals surface area contributed by atoms with Gasteiger partial charge in [-0.3, -0.25) is 0 Å². The van der Waals surface area contributed by atoms with Crippen molar-refractivity contribution in [2.24, 2.45) is 0 Å². The number of rotatable bonds is 15. The summed E-state index contributed by atoms with van der Waals surface area (Å²) in [6.07, 6.45) is 0. The first-order valence-electron chi connectivity index (χ1n) is 35.1. The predicted molar refractivity (Wildman–Crippen MR) is 424 cm³/mol. The molecule has 0 N–H and O–H groups in total. The van der Waals surface area contributed by atoms with Gasteiger partial charge in [0.1, 0.15) is 0 Å². The molecule has 0 bridgehead atoms. The highest BCUT2D eigenvalue weighted by Crippen LogP contribution is 2.45. The number of hydrogen-bond acceptors (Lipinski definition) is 3. The van der Waals surface area contributed by atoms with Crippen LogP contribution in [0, 0.1) is 0 Å². The summed E-state index contributed by atoms with van der Waals surface area (Å²) in [6.45, 7) is 1.81. The molecular formula is C96H66N6. The lowest BCUT2D eigenvalue weighted by molar-refractivity contribution is 0.852. The number of para-hydroxylation sites is 4. The third-order valence-electron chi connectivity index (χ3n) is 20.6. The van der Waals surface area contributed by atoms with Gasteiger partial charge >= 0.3 is 0 Å². The average Bonchev–Trinajstić information content (AvgIpc) is 1.57. The van der Waals surface area contributed by atoms with Crippen LogP contribution in [0.15, 0.2) is 364 Å². The van der Waals surface area contributed by atoms with Gasteiger partial charge in [-0.15, -0.1) is 0 Å². The predicted octanol–water partition coefficient (Wildman–Crippen LogP) is 24.3. The summed E-state index contributed by atoms with van der Waals surface area (Å²) in [5, 5.41) is 7.37. The molecule has 102 heavy (non-hydrogen) atoms. The van der Waals surface area contributed by atoms with Crippen molar-refractivity contribution < 1.29 is 0 Å². The Labute approximate surface area is 591 Å². The van der Waals surface area contributed by atoms with Crippen LogP contribution in [0.1, 0.15) is 16.7 Å². The maximum Gasteiger partial charge on any atom is 0.164 e. The molecule has 0 aliphatic carbocycles. The fourth-order valence-corrected chi connectivity index (χ4v) is 15.7. The molecule has 0 aliphatic rings. The Balaban J connectivity index is 0.872. The van der Waals surface area contributed by atoms with Crippen molar-refractivity contribution in [3.05, 3.63) is 381 Å². The Kier molecular flexibility index (Phi) is 15.0. The van der Waals surface area contributed by atoms with Crippen molar-refractivity contribution in [3.63, 3.8) is 0 Å². The second kappa shape index (κ2) is 25.5. The fourth-order valence-electron chi connectivity index (χ4n) is 15.7. The molecule has 0 amide bonds. The van der Waals surface area contributed by atoms with Gasteiger partial charge in [0, 0.05) is 102 Å². The smallest absolute Gasteiger partial charge is 0.164 e. The number of hydrogen-bond donors (Lipinski definition) is 0. The van der Waals surface area contributed by atoms with Crippen LogP contribution in [-0.2, 0) is 19.6 Å². The summed E-state index contributed by atoms with van der Waals surface area (Å²) in [7, 11) is 0. The molecule has 0 saturated heterocycles. The van der Waals surface area contributed by atoms with Crippen molar-refractivity contribution in [3.8, 4) is 101 Å². The van der Waals surface area contributed by atoms with Gasteiger partial charge in [-0.2, -0.15) is 0 Å². The Morgan fingerprint density at radius 1 is 0.176 bits per heavy atom. The molecule has 6 nitrogen and oxygen atoms in total. The summed E-state index contributed by atoms with van der Waals surface area (Å²) in [6, 6.07) is 132. The van der Waals surface area contributed by atoms with Crippen LogP contribution in [0.4, 0.5) is 0 Å². The molecule has 19 rings (SSSR count). The summed E-state index contributed by atoms with van der Waals surface area (Å²) in [4.78, 5) is 16.4. The topological polar surface area (TPSA) is 53.5 Å². The second-order valence-electron chi connectivity index (χ2n) is 26.6. The SMILES string of the molecule is c1ccc(-c2ccc(-c3nc(-c4ccc(-c5ccccc5)cc4)nc(-c4cc(-c5ccccc5)c(Cn5c6cc(Cn7c8ccccc8c8ccccc87)c(-c7ccccc7)cc6c6cc(-c7ccccc7)c(Cn7c8ccccc8c8ccccc87)cc65)c(-c5ccccc5)c4)n3)cc2)cc1. The first-order chi connectivity index (χ1) is 50.6. The molecule has 0 radical (unpaired) electrons. The molecular weight excluding hydrogens is 1240 g/mol. The van der Waals surface area contributed by atoms with E-state index in [2.05, 4.69) is 378 Å². The van der Waals surface area contributed by atoms with E-state index < -0.39 is 0 Å². The molecule has 6 heteroatoms. The van der Waals surface area contributed by atoms with E-state index in [1.807, 2.05) is 0 Å². The van der Waals surface area contributed by atoms with Gasteiger partial charge in [0.05, 0.1) is 0 Å². The molecule has 0 unspecified atom stereocenters. The third-order valence-corrected chi connectivity index (χ3v) is 20.6. The van der Waals surface area contributed by atoms with Crippen LogP contribution >= 0.6 is 0 Å². The van der Waals surface area contributed by atoms with Crippen LogP contribution in [0.2, 0.25) is 0 Å². The molecule has 0 fully saturated rings. The minimum absolute atomic E-state index is 0.517. The van der Waals surface area contributed by atoms with Gasteiger partial charge in [0.15, 0.2) is 17.5 Å². The lowest BCUT2D eigenvalue weighted by atomic mass is 9.89. The van der Waals surface area contributed by atoms with Crippen molar-refractivity contribution in [2.45, 2.75) is 19.6 Å². The average molecular weight is 1300 g/mol. The molecule has 4 aromatic heterocycles. The van der Waals surface area contributed by atoms with Crippen LogP contribution in [0.25, 0.3) is 166 Å². The van der Waals surface area contributed by atoms with Crippen LogP contribution < -0.4 is 0 Å². The third kappa shape index (κ3) is 10.8. The molecule has 480 valence electrons. The Morgan fingerprint density at radius 2 is 0.431 bits per heavy atom. The molecule has 0 atom stereocenters. The highest BCUT2D eigenvalue weighted by atomic mass is 15.0. The number of nitrogens with zero attached hydrogens (tertiary/aromatic N) is 6. The van der Waals surface area contributed by atoms with Gasteiger partial charge in [0.25, 0.3) is 0 Å². The van der Waals surface area contributed by atoms with E-state index in [4.69, 9.17) is 15.0 Å². The lowest BCUT2D eigenvalue weighted by Crippen LogP contribution is -2.07. The van der Waals surface area contributed by atoms with Crippen LogP contribution in [-0.4, -0.2) is 28.7 Å². The zero-order valence-corrected chi connectivity index (χ0v) is 55.9. The first kappa shape index (κ1) is 59.9. The highest BCUT2D eigenvalue weighted by Gasteiger charge is 2.26. The van der Waals surface area contributed by atoms with E-state index >= 15 is 0 Å². The van der Waals surface area contributed by atoms with E-state index in [0.29, 0.717) is 37.1 Å². The van der Waals surface area contributed by atoms with Gasteiger partial charge in [-0.25, -0.2) is 15.0 Å². The Morgan fingerprint density at radius 3 is 0.765 bits per heavy atom. The molecule has 0 spiro atoms. The number of aromatic nitrogens is 6. The minimum atomic E-state index is 0.517. The first-order valence-corrected chi connectivity index (χ1v) is 35.1. The van der Waals surface area contributed by atoms with E-state index in [9.17, 15) is 0 Å². The largest absolute Gasteiger partial charge is 0.336 e. The van der Waals surface area contributed by atoms with Gasteiger partial charge in [-0.1, -0.05) is 303 Å². The molecule has 0 saturated carbocycles. The van der Waals surface area contributed by atoms with Crippen molar-refractivity contribution in [1.82, 2.24) is 28.7 Å². The van der Waals surface area contributed by atoms with Crippen molar-refractivity contribution >= 4 is 65.4 Å². The molecule has 15 aromatic carbocycles. The summed E-state index contributed by atoms with van der Waals surface area (Å²) in [5.74, 6) is 1.77. The van der Waals surface area contributed by atoms with Crippen LogP contribution in [0.5, 0.6) is 0 Å². The zero-order chi connectivity index (χ0) is 67.5. The molecule has 19 aromatic rings. The summed E-state index contributed by atoms with van der Waals surface area (Å²) >= 11 is 0. The monoisotopic (exact) mass is 1300 g/mol. The standard InChI is InChI=1S/C96H66N6/c1-7-27-64(28-8-1)66-47-51-72(52-48-66)94-97-95(73-53-49-67(50-54-73)65-29-9-2-10-30-65)99-96(98-94)74-55-83(70-35-15-5-16-36-70)87(84(56-74)71-37-17-6-18-38-71)63-102-92-57-75(61-100-88-43-23-19-39-77(88)78-40-20-24-44-89(78)100)81(68-31-11-3-12-32-68)59-85(92)86-60-82(69-33-13-4-14-34-69)76(58-93(86)102)62-101-90-45-25-21-41-79(90)80-42-22-26-46-91(80)101/h1-60H,61-63H2. The van der Waals surface area contributed by atoms with E-state index in [1.54, 1.807) is 0 Å². The maximum atomic E-state index is 5.51. The Hall–Kier alpha value is -13.3. The summed E-state index contributed by atoms with van der Waals surface area (Å²) < 4.78 is 7.70. The zero-order valence-electron chi connectivity index (χ0n) is 55.9. The Bertz CT molecular complexity index is 5850. The number of benzene rings is 15. The number of fused-ring (bicyclic) bond motifs is 9. The fraction of sp³-hybridized carbons (Fsp3) is 0.0312. The van der Waals surface area contributed by atoms with Gasteiger partial charge in [0.2, 0.25) is 0 Å².